The molecule has 0 N–H and O–H groups in total. The molecule has 18 heavy (non-hydrogen) atoms. The second-order valence-electron chi connectivity index (χ2n) is 5.55. The van der Waals surface area contributed by atoms with Gasteiger partial charge in [-0.3, -0.25) is 0 Å². The van der Waals surface area contributed by atoms with E-state index in [0.717, 1.165) is 25.5 Å². The van der Waals surface area contributed by atoms with Gasteiger partial charge in [0.25, 0.3) is 0 Å². The maximum atomic E-state index is 6.24. The van der Waals surface area contributed by atoms with Gasteiger partial charge in [-0.05, 0) is 37.3 Å². The van der Waals surface area contributed by atoms with Gasteiger partial charge in [-0.2, -0.15) is 0 Å². The van der Waals surface area contributed by atoms with Crippen molar-refractivity contribution in [2.45, 2.75) is 35.8 Å². The van der Waals surface area contributed by atoms with E-state index in [1.165, 1.54) is 29.7 Å². The van der Waals surface area contributed by atoms with E-state index >= 15 is 0 Å². The molecule has 1 saturated heterocycles. The first-order chi connectivity index (χ1) is 8.81. The van der Waals surface area contributed by atoms with E-state index in [0.29, 0.717) is 5.25 Å². The van der Waals surface area contributed by atoms with E-state index in [9.17, 15) is 0 Å². The molecule has 1 aromatic carbocycles. The standard InChI is InChI=1S/C15H19ClOS/c16-10-15(6-3-7-17-11-15)9-13-8-12-4-1-2-5-14(12)18-13/h1-2,4-5,13H,3,6-11H2. The van der Waals surface area contributed by atoms with Crippen molar-refractivity contribution < 1.29 is 4.74 Å². The Morgan fingerprint density at radius 3 is 3.00 bits per heavy atom. The highest BCUT2D eigenvalue weighted by Crippen LogP contribution is 2.44. The van der Waals surface area contributed by atoms with Gasteiger partial charge in [-0.15, -0.1) is 23.4 Å². The lowest BCUT2D eigenvalue weighted by Gasteiger charge is -2.37. The van der Waals surface area contributed by atoms with Crippen molar-refractivity contribution in [2.75, 3.05) is 19.1 Å². The van der Waals surface area contributed by atoms with Crippen molar-refractivity contribution in [2.24, 2.45) is 5.41 Å². The maximum Gasteiger partial charge on any atom is 0.0534 e. The smallest absolute Gasteiger partial charge is 0.0534 e. The van der Waals surface area contributed by atoms with E-state index in [-0.39, 0.29) is 5.41 Å². The third-order valence-electron chi connectivity index (χ3n) is 4.06. The second kappa shape index (κ2) is 5.44. The Morgan fingerprint density at radius 1 is 1.39 bits per heavy atom. The molecule has 0 amide bonds. The van der Waals surface area contributed by atoms with Crippen LogP contribution in [0, 0.1) is 5.41 Å². The Bertz CT molecular complexity index is 390. The minimum Gasteiger partial charge on any atom is -0.381 e. The summed E-state index contributed by atoms with van der Waals surface area (Å²) in [5, 5.41) is 0.683. The van der Waals surface area contributed by atoms with E-state index < -0.39 is 0 Å². The first-order valence-electron chi connectivity index (χ1n) is 6.70. The highest BCUT2D eigenvalue weighted by Gasteiger charge is 2.36. The van der Waals surface area contributed by atoms with Crippen LogP contribution in [0.25, 0.3) is 0 Å². The fourth-order valence-corrected chi connectivity index (χ4v) is 4.92. The number of hydrogen-bond donors (Lipinski definition) is 0. The summed E-state index contributed by atoms with van der Waals surface area (Å²) in [5.41, 5.74) is 1.73. The summed E-state index contributed by atoms with van der Waals surface area (Å²) in [5.74, 6) is 0.737. The Kier molecular flexibility index (Phi) is 3.88. The van der Waals surface area contributed by atoms with Gasteiger partial charge in [0.15, 0.2) is 0 Å². The quantitative estimate of drug-likeness (QED) is 0.771. The van der Waals surface area contributed by atoms with Crippen molar-refractivity contribution >= 4 is 23.4 Å². The molecule has 2 aliphatic heterocycles. The maximum absolute atomic E-state index is 6.24. The van der Waals surface area contributed by atoms with Crippen LogP contribution in [-0.2, 0) is 11.2 Å². The highest BCUT2D eigenvalue weighted by molar-refractivity contribution is 8.00. The predicted octanol–water partition coefficient (Wildman–Crippen LogP) is 4.13. The first-order valence-corrected chi connectivity index (χ1v) is 8.11. The molecule has 3 heteroatoms. The lowest BCUT2D eigenvalue weighted by molar-refractivity contribution is 0.0000864. The van der Waals surface area contributed by atoms with Crippen LogP contribution in [0.4, 0.5) is 0 Å². The van der Waals surface area contributed by atoms with E-state index in [4.69, 9.17) is 16.3 Å². The third-order valence-corrected chi connectivity index (χ3v) is 5.95. The van der Waals surface area contributed by atoms with Crippen molar-refractivity contribution in [1.29, 1.82) is 0 Å². The van der Waals surface area contributed by atoms with Crippen molar-refractivity contribution in [3.05, 3.63) is 29.8 Å². The normalized spacial score (nSPS) is 31.3. The number of halogens is 1. The molecule has 2 unspecified atom stereocenters. The summed E-state index contributed by atoms with van der Waals surface area (Å²) >= 11 is 8.27. The van der Waals surface area contributed by atoms with Crippen LogP contribution in [0.3, 0.4) is 0 Å². The Labute approximate surface area is 118 Å². The molecule has 0 bridgehead atoms. The molecule has 0 saturated carbocycles. The van der Waals surface area contributed by atoms with Crippen LogP contribution in [0.1, 0.15) is 24.8 Å². The Balaban J connectivity index is 1.67. The molecule has 0 aromatic heterocycles. The molecule has 0 spiro atoms. The second-order valence-corrected chi connectivity index (χ2v) is 7.16. The lowest BCUT2D eigenvalue weighted by atomic mass is 9.79. The summed E-state index contributed by atoms with van der Waals surface area (Å²) in [7, 11) is 0. The van der Waals surface area contributed by atoms with Crippen molar-refractivity contribution in [3.63, 3.8) is 0 Å². The fraction of sp³-hybridized carbons (Fsp3) is 0.600. The van der Waals surface area contributed by atoms with Crippen molar-refractivity contribution in [3.8, 4) is 0 Å². The number of thioether (sulfide) groups is 1. The van der Waals surface area contributed by atoms with Gasteiger partial charge < -0.3 is 4.74 Å². The van der Waals surface area contributed by atoms with Crippen LogP contribution in [0.5, 0.6) is 0 Å². The highest BCUT2D eigenvalue weighted by atomic mass is 35.5. The van der Waals surface area contributed by atoms with Crippen LogP contribution >= 0.6 is 23.4 Å². The molecule has 2 heterocycles. The van der Waals surface area contributed by atoms with Crippen LogP contribution in [-0.4, -0.2) is 24.3 Å². The monoisotopic (exact) mass is 282 g/mol. The molecule has 1 nitrogen and oxygen atoms in total. The lowest BCUT2D eigenvalue weighted by Crippen LogP contribution is -2.36. The molecule has 98 valence electrons. The minimum atomic E-state index is 0.222. The molecule has 2 atom stereocenters. The largest absolute Gasteiger partial charge is 0.381 e. The van der Waals surface area contributed by atoms with Crippen LogP contribution < -0.4 is 0 Å². The number of fused-ring (bicyclic) bond motifs is 1. The van der Waals surface area contributed by atoms with E-state index in [1.54, 1.807) is 0 Å². The molecule has 2 aliphatic rings. The molecule has 1 fully saturated rings. The van der Waals surface area contributed by atoms with E-state index in [2.05, 4.69) is 24.3 Å². The molecular formula is C15H19ClOS. The number of hydrogen-bond acceptors (Lipinski definition) is 2. The van der Waals surface area contributed by atoms with Gasteiger partial charge in [0.1, 0.15) is 0 Å². The average molecular weight is 283 g/mol. The molecule has 3 rings (SSSR count). The Hall–Kier alpha value is -0.180. The van der Waals surface area contributed by atoms with Gasteiger partial charge in [-0.25, -0.2) is 0 Å². The summed E-state index contributed by atoms with van der Waals surface area (Å²) in [4.78, 5) is 1.46. The number of benzene rings is 1. The van der Waals surface area contributed by atoms with Gasteiger partial charge in [-0.1, -0.05) is 18.2 Å². The number of rotatable bonds is 3. The molecule has 1 aromatic rings. The fourth-order valence-electron chi connectivity index (χ4n) is 3.08. The summed E-state index contributed by atoms with van der Waals surface area (Å²) in [6.45, 7) is 1.76. The predicted molar refractivity (Wildman–Crippen MR) is 77.6 cm³/mol. The summed E-state index contributed by atoms with van der Waals surface area (Å²) in [6, 6.07) is 8.77. The minimum absolute atomic E-state index is 0.222. The van der Waals surface area contributed by atoms with Crippen LogP contribution in [0.2, 0.25) is 0 Å². The van der Waals surface area contributed by atoms with Gasteiger partial charge in [0.05, 0.1) is 6.61 Å². The zero-order valence-electron chi connectivity index (χ0n) is 10.5. The SMILES string of the molecule is ClCC1(CC2Cc3ccccc3S2)CCCOC1. The topological polar surface area (TPSA) is 9.23 Å². The summed E-state index contributed by atoms with van der Waals surface area (Å²) < 4.78 is 5.67. The van der Waals surface area contributed by atoms with Gasteiger partial charge >= 0.3 is 0 Å². The summed E-state index contributed by atoms with van der Waals surface area (Å²) in [6.07, 6.45) is 4.77. The zero-order chi connectivity index (χ0) is 12.4. The van der Waals surface area contributed by atoms with E-state index in [1.807, 2.05) is 11.8 Å². The van der Waals surface area contributed by atoms with Crippen molar-refractivity contribution in [1.82, 2.24) is 0 Å². The number of alkyl halides is 1. The Morgan fingerprint density at radius 2 is 2.28 bits per heavy atom. The number of ether oxygens (including phenoxy) is 1. The molecular weight excluding hydrogens is 264 g/mol. The average Bonchev–Trinajstić information content (AvgIpc) is 2.81. The zero-order valence-corrected chi connectivity index (χ0v) is 12.1. The van der Waals surface area contributed by atoms with Gasteiger partial charge in [0, 0.05) is 28.0 Å². The van der Waals surface area contributed by atoms with Gasteiger partial charge in [0.2, 0.25) is 0 Å². The molecule has 0 radical (unpaired) electrons. The third kappa shape index (κ3) is 2.56. The first kappa shape index (κ1) is 12.8. The van der Waals surface area contributed by atoms with Crippen LogP contribution in [0.15, 0.2) is 29.2 Å². The molecule has 0 aliphatic carbocycles.